The van der Waals surface area contributed by atoms with Gasteiger partial charge in [-0.1, -0.05) is 31.9 Å². The van der Waals surface area contributed by atoms with E-state index in [0.29, 0.717) is 0 Å². The van der Waals surface area contributed by atoms with Gasteiger partial charge in [0.25, 0.3) is 0 Å². The molecule has 0 nitrogen and oxygen atoms in total. The molecule has 0 spiro atoms. The van der Waals surface area contributed by atoms with Gasteiger partial charge < -0.3 is 0 Å². The molecule has 0 aliphatic rings. The Labute approximate surface area is 57.4 Å². The molecule has 0 aromatic carbocycles. The lowest BCUT2D eigenvalue weighted by Gasteiger charge is -1.85. The van der Waals surface area contributed by atoms with Crippen LogP contribution in [0.1, 0.15) is 26.2 Å². The summed E-state index contributed by atoms with van der Waals surface area (Å²) in [6.07, 6.45) is 8.10. The molecule has 0 atom stereocenters. The standard InChI is InChI=1S/C7H14S/c1-2-3-4-5-6-7-8/h5-6,8H,2-4,7H2,1H3/b6-5+. The minimum Gasteiger partial charge on any atom is -0.175 e. The fourth-order valence-corrected chi connectivity index (χ4v) is 0.663. The second-order valence-electron chi connectivity index (χ2n) is 1.80. The minimum absolute atomic E-state index is 0.879. The summed E-state index contributed by atoms with van der Waals surface area (Å²) < 4.78 is 0. The molecule has 0 aliphatic heterocycles. The molecule has 0 rings (SSSR count). The zero-order valence-electron chi connectivity index (χ0n) is 5.43. The van der Waals surface area contributed by atoms with Crippen LogP contribution < -0.4 is 0 Å². The van der Waals surface area contributed by atoms with Gasteiger partial charge in [-0.3, -0.25) is 0 Å². The average molecular weight is 130 g/mol. The summed E-state index contributed by atoms with van der Waals surface area (Å²) >= 11 is 4.04. The SMILES string of the molecule is CCCC/C=C/CS. The Bertz CT molecular complexity index is 57.4. The number of hydrogen-bond donors (Lipinski definition) is 1. The third kappa shape index (κ3) is 6.09. The molecule has 48 valence electrons. The summed E-state index contributed by atoms with van der Waals surface area (Å²) in [5.74, 6) is 0.879. The fraction of sp³-hybridized carbons (Fsp3) is 0.714. The maximum absolute atomic E-state index is 4.04. The predicted molar refractivity (Wildman–Crippen MR) is 42.5 cm³/mol. The van der Waals surface area contributed by atoms with E-state index in [1.165, 1.54) is 19.3 Å². The van der Waals surface area contributed by atoms with Crippen molar-refractivity contribution in [2.24, 2.45) is 0 Å². The Kier molecular flexibility index (Phi) is 7.17. The van der Waals surface area contributed by atoms with Crippen LogP contribution >= 0.6 is 12.6 Å². The highest BCUT2D eigenvalue weighted by Gasteiger charge is 1.74. The van der Waals surface area contributed by atoms with Gasteiger partial charge >= 0.3 is 0 Å². The van der Waals surface area contributed by atoms with Crippen molar-refractivity contribution in [3.05, 3.63) is 12.2 Å². The third-order valence-corrected chi connectivity index (χ3v) is 1.21. The van der Waals surface area contributed by atoms with Gasteiger partial charge in [-0.25, -0.2) is 0 Å². The Balaban J connectivity index is 2.80. The number of allylic oxidation sites excluding steroid dienone is 1. The maximum Gasteiger partial charge on any atom is 0.00825 e. The van der Waals surface area contributed by atoms with Crippen LogP contribution in [-0.4, -0.2) is 5.75 Å². The lowest BCUT2D eigenvalue weighted by Crippen LogP contribution is -1.66. The summed E-state index contributed by atoms with van der Waals surface area (Å²) in [5.41, 5.74) is 0. The first-order valence-corrected chi connectivity index (χ1v) is 3.81. The van der Waals surface area contributed by atoms with E-state index in [-0.39, 0.29) is 0 Å². The lowest BCUT2D eigenvalue weighted by molar-refractivity contribution is 0.814. The molecular weight excluding hydrogens is 116 g/mol. The fourth-order valence-electron chi connectivity index (χ4n) is 0.514. The topological polar surface area (TPSA) is 0 Å². The van der Waals surface area contributed by atoms with Crippen molar-refractivity contribution < 1.29 is 0 Å². The molecular formula is C7H14S. The summed E-state index contributed by atoms with van der Waals surface area (Å²) in [6.45, 7) is 2.20. The third-order valence-electron chi connectivity index (χ3n) is 0.996. The smallest absolute Gasteiger partial charge is 0.00825 e. The molecule has 0 bridgehead atoms. The van der Waals surface area contributed by atoms with Crippen LogP contribution in [0.2, 0.25) is 0 Å². The molecule has 0 radical (unpaired) electrons. The van der Waals surface area contributed by atoms with Gasteiger partial charge in [0.15, 0.2) is 0 Å². The number of hydrogen-bond acceptors (Lipinski definition) is 1. The van der Waals surface area contributed by atoms with Crippen LogP contribution in [0.3, 0.4) is 0 Å². The van der Waals surface area contributed by atoms with Crippen LogP contribution in [0, 0.1) is 0 Å². The summed E-state index contributed by atoms with van der Waals surface area (Å²) in [5, 5.41) is 0. The number of thiol groups is 1. The predicted octanol–water partition coefficient (Wildman–Crippen LogP) is 2.66. The Hall–Kier alpha value is 0.0900. The monoisotopic (exact) mass is 130 g/mol. The van der Waals surface area contributed by atoms with Crippen molar-refractivity contribution in [3.8, 4) is 0 Å². The quantitative estimate of drug-likeness (QED) is 0.337. The van der Waals surface area contributed by atoms with Gasteiger partial charge in [-0.05, 0) is 6.42 Å². The van der Waals surface area contributed by atoms with Gasteiger partial charge in [-0.2, -0.15) is 12.6 Å². The molecule has 0 fully saturated rings. The minimum atomic E-state index is 0.879. The first-order chi connectivity index (χ1) is 3.91. The van der Waals surface area contributed by atoms with Gasteiger partial charge in [0.05, 0.1) is 0 Å². The molecule has 0 heterocycles. The summed E-state index contributed by atoms with van der Waals surface area (Å²) in [6, 6.07) is 0. The molecule has 0 amide bonds. The van der Waals surface area contributed by atoms with E-state index in [4.69, 9.17) is 0 Å². The van der Waals surface area contributed by atoms with Crippen molar-refractivity contribution in [3.63, 3.8) is 0 Å². The highest BCUT2D eigenvalue weighted by atomic mass is 32.1. The van der Waals surface area contributed by atoms with E-state index < -0.39 is 0 Å². The van der Waals surface area contributed by atoms with Crippen molar-refractivity contribution in [1.82, 2.24) is 0 Å². The average Bonchev–Trinajstić information content (AvgIpc) is 1.81. The Morgan fingerprint density at radius 3 is 2.62 bits per heavy atom. The molecule has 0 saturated carbocycles. The molecule has 0 aliphatic carbocycles. The molecule has 0 N–H and O–H groups in total. The van der Waals surface area contributed by atoms with E-state index in [1.807, 2.05) is 0 Å². The zero-order valence-corrected chi connectivity index (χ0v) is 6.32. The lowest BCUT2D eigenvalue weighted by atomic mass is 10.2. The van der Waals surface area contributed by atoms with Gasteiger partial charge in [0.1, 0.15) is 0 Å². The maximum atomic E-state index is 4.04. The number of unbranched alkanes of at least 4 members (excludes halogenated alkanes) is 2. The van der Waals surface area contributed by atoms with Gasteiger partial charge in [-0.15, -0.1) is 0 Å². The molecule has 0 unspecified atom stereocenters. The van der Waals surface area contributed by atoms with E-state index in [1.54, 1.807) is 0 Å². The zero-order chi connectivity index (χ0) is 6.24. The van der Waals surface area contributed by atoms with Crippen LogP contribution in [0.4, 0.5) is 0 Å². The van der Waals surface area contributed by atoms with Crippen molar-refractivity contribution in [1.29, 1.82) is 0 Å². The Morgan fingerprint density at radius 2 is 2.12 bits per heavy atom. The van der Waals surface area contributed by atoms with E-state index >= 15 is 0 Å². The first kappa shape index (κ1) is 8.09. The molecule has 1 heteroatoms. The second-order valence-corrected chi connectivity index (χ2v) is 2.16. The number of rotatable bonds is 4. The Morgan fingerprint density at radius 1 is 1.38 bits per heavy atom. The first-order valence-electron chi connectivity index (χ1n) is 3.17. The van der Waals surface area contributed by atoms with Gasteiger partial charge in [0, 0.05) is 5.75 Å². The van der Waals surface area contributed by atoms with Gasteiger partial charge in [0.2, 0.25) is 0 Å². The van der Waals surface area contributed by atoms with Crippen molar-refractivity contribution in [2.75, 3.05) is 5.75 Å². The second kappa shape index (κ2) is 7.09. The highest BCUT2D eigenvalue weighted by Crippen LogP contribution is 1.94. The normalized spacial score (nSPS) is 10.8. The molecule has 0 aromatic heterocycles. The van der Waals surface area contributed by atoms with E-state index in [9.17, 15) is 0 Å². The van der Waals surface area contributed by atoms with Crippen LogP contribution in [0.25, 0.3) is 0 Å². The van der Waals surface area contributed by atoms with Crippen molar-refractivity contribution >= 4 is 12.6 Å². The molecule has 0 aromatic rings. The van der Waals surface area contributed by atoms with Crippen LogP contribution in [-0.2, 0) is 0 Å². The van der Waals surface area contributed by atoms with Crippen LogP contribution in [0.15, 0.2) is 12.2 Å². The van der Waals surface area contributed by atoms with Crippen molar-refractivity contribution in [2.45, 2.75) is 26.2 Å². The molecule has 0 saturated heterocycles. The van der Waals surface area contributed by atoms with E-state index in [2.05, 4.69) is 31.7 Å². The summed E-state index contributed by atoms with van der Waals surface area (Å²) in [7, 11) is 0. The largest absolute Gasteiger partial charge is 0.175 e. The summed E-state index contributed by atoms with van der Waals surface area (Å²) in [4.78, 5) is 0. The highest BCUT2D eigenvalue weighted by molar-refractivity contribution is 7.80. The van der Waals surface area contributed by atoms with Crippen LogP contribution in [0.5, 0.6) is 0 Å². The molecule has 8 heavy (non-hydrogen) atoms. The van der Waals surface area contributed by atoms with E-state index in [0.717, 1.165) is 5.75 Å².